The number of aromatic amines is 1. The van der Waals surface area contributed by atoms with E-state index < -0.39 is 54.5 Å². The first-order valence-electron chi connectivity index (χ1n) is 27.3. The fourth-order valence-corrected chi connectivity index (χ4v) is 13.1. The van der Waals surface area contributed by atoms with Gasteiger partial charge in [0.2, 0.25) is 5.82 Å². The Morgan fingerprint density at radius 2 is 1.71 bits per heavy atom. The molecular formula is C58H68F3N9O8S. The number of pyridine rings is 2. The number of anilines is 2. The van der Waals surface area contributed by atoms with Crippen LogP contribution in [0.3, 0.4) is 0 Å². The maximum absolute atomic E-state index is 15.0. The van der Waals surface area contributed by atoms with Gasteiger partial charge in [0.25, 0.3) is 21.8 Å². The van der Waals surface area contributed by atoms with Gasteiger partial charge >= 0.3 is 5.69 Å². The number of fused-ring (bicyclic) bond motifs is 1. The fraction of sp³-hybridized carbons (Fsp3) is 0.466. The highest BCUT2D eigenvalue weighted by molar-refractivity contribution is 7.90. The third-order valence-electron chi connectivity index (χ3n) is 16.8. The Kier molecular flexibility index (Phi) is 15.7. The Morgan fingerprint density at radius 1 is 0.962 bits per heavy atom. The maximum Gasteiger partial charge on any atom is 0.312 e. The number of ether oxygens (including phenoxy) is 2. The van der Waals surface area contributed by atoms with Crippen molar-refractivity contribution in [3.05, 3.63) is 135 Å². The first-order valence-corrected chi connectivity index (χ1v) is 28.7. The van der Waals surface area contributed by atoms with E-state index in [1.165, 1.54) is 35.4 Å². The molecule has 0 radical (unpaired) electrons. The largest absolute Gasteiger partial charge is 0.475 e. The van der Waals surface area contributed by atoms with Gasteiger partial charge in [0.1, 0.15) is 22.1 Å². The molecular weight excluding hydrogens is 1040 g/mol. The van der Waals surface area contributed by atoms with Crippen LogP contribution in [-0.4, -0.2) is 106 Å². The van der Waals surface area contributed by atoms with Gasteiger partial charge in [0.15, 0.2) is 17.4 Å². The molecule has 17 nitrogen and oxygen atoms in total. The van der Waals surface area contributed by atoms with E-state index in [9.17, 15) is 37.2 Å². The van der Waals surface area contributed by atoms with Crippen molar-refractivity contribution >= 4 is 44.2 Å². The van der Waals surface area contributed by atoms with Gasteiger partial charge in [0.05, 0.1) is 34.3 Å². The predicted molar refractivity (Wildman–Crippen MR) is 293 cm³/mol. The van der Waals surface area contributed by atoms with Gasteiger partial charge in [-0.15, -0.1) is 0 Å². The van der Waals surface area contributed by atoms with E-state index >= 15 is 4.39 Å². The summed E-state index contributed by atoms with van der Waals surface area (Å²) >= 11 is 0. The van der Waals surface area contributed by atoms with E-state index in [4.69, 9.17) is 9.47 Å². The molecule has 2 atom stereocenters. The molecule has 4 N–H and O–H groups in total. The summed E-state index contributed by atoms with van der Waals surface area (Å²) in [6, 6.07) is 20.4. The molecule has 3 aromatic carbocycles. The summed E-state index contributed by atoms with van der Waals surface area (Å²) in [5.74, 6) is -3.23. The second kappa shape index (κ2) is 22.4. The maximum atomic E-state index is 15.0. The summed E-state index contributed by atoms with van der Waals surface area (Å²) in [6.07, 6.45) is 8.44. The van der Waals surface area contributed by atoms with Crippen LogP contribution >= 0.6 is 0 Å². The van der Waals surface area contributed by atoms with Gasteiger partial charge in [0, 0.05) is 87.5 Å². The standard InChI is InChI=1S/C58H68F3N9O8S/c1-6-77-56-52(26-45-48(61)31-64-53(45)65-56)78-51-24-39(12-13-44(51)55(71)66-79(75,76)41-25-49(70(73)74)54(63-30-41)62-29-37-15-17-57(5,72)18-16-37)67-21-19-58(20-22-67)27-40(28-58)69-32-36(4)68(33-38-11-14-46(59)47(60)23-38)34-50(69)43-10-8-7-9-42(43)35(2)3/h7-14,23-26,30-31,35-37,40,50,72H,6,15-22,27-29,32-34H2,1-5H3,(H,62,63)(H,64,65)(H,66,71)/t36-,37?,50-,57?/m0/s1. The molecule has 21 heteroatoms. The molecule has 2 aliphatic heterocycles. The molecule has 3 aromatic heterocycles. The van der Waals surface area contributed by atoms with Crippen molar-refractivity contribution in [1.82, 2.24) is 29.5 Å². The summed E-state index contributed by atoms with van der Waals surface area (Å²) in [7, 11) is -4.77. The molecule has 2 saturated heterocycles. The van der Waals surface area contributed by atoms with Crippen LogP contribution in [0.25, 0.3) is 11.0 Å². The first kappa shape index (κ1) is 55.5. The number of H-pyrrole nitrogens is 1. The van der Waals surface area contributed by atoms with Crippen molar-refractivity contribution in [1.29, 1.82) is 0 Å². The topological polar surface area (TPSA) is 208 Å². The number of halogens is 3. The molecule has 0 bridgehead atoms. The number of benzene rings is 3. The van der Waals surface area contributed by atoms with Crippen molar-refractivity contribution < 1.29 is 45.9 Å². The second-order valence-corrected chi connectivity index (χ2v) is 24.3. The van der Waals surface area contributed by atoms with Gasteiger partial charge in [-0.1, -0.05) is 44.2 Å². The third-order valence-corrected chi connectivity index (χ3v) is 18.1. The van der Waals surface area contributed by atoms with Gasteiger partial charge in [-0.25, -0.2) is 31.3 Å². The van der Waals surface area contributed by atoms with E-state index in [1.54, 1.807) is 32.0 Å². The molecule has 4 aliphatic rings. The highest BCUT2D eigenvalue weighted by atomic mass is 32.2. The van der Waals surface area contributed by atoms with Crippen LogP contribution in [0.5, 0.6) is 17.4 Å². The number of sulfonamides is 1. The van der Waals surface area contributed by atoms with E-state index in [0.29, 0.717) is 69.5 Å². The quantitative estimate of drug-likeness (QED) is 0.0495. The predicted octanol–water partition coefficient (Wildman–Crippen LogP) is 10.8. The summed E-state index contributed by atoms with van der Waals surface area (Å²) in [5, 5.41) is 25.7. The minimum atomic E-state index is -4.77. The van der Waals surface area contributed by atoms with Crippen LogP contribution in [0.2, 0.25) is 0 Å². The number of aromatic nitrogens is 3. The molecule has 1 amide bonds. The van der Waals surface area contributed by atoms with Gasteiger partial charge in [-0.05, 0) is 130 Å². The molecule has 2 saturated carbocycles. The Hall–Kier alpha value is -6.81. The third kappa shape index (κ3) is 11.9. The number of amides is 1. The van der Waals surface area contributed by atoms with E-state index in [2.05, 4.69) is 84.7 Å². The Bertz CT molecular complexity index is 3350. The summed E-state index contributed by atoms with van der Waals surface area (Å²) in [4.78, 5) is 43.7. The average Bonchev–Trinajstić information content (AvgIpc) is 3.96. The van der Waals surface area contributed by atoms with Crippen LogP contribution in [0.15, 0.2) is 90.1 Å². The van der Waals surface area contributed by atoms with Crippen molar-refractivity contribution in [2.75, 3.05) is 49.5 Å². The number of hydrogen-bond donors (Lipinski definition) is 4. The highest BCUT2D eigenvalue weighted by Crippen LogP contribution is 2.54. The minimum absolute atomic E-state index is 0.00265. The zero-order valence-electron chi connectivity index (χ0n) is 45.1. The minimum Gasteiger partial charge on any atom is -0.475 e. The molecule has 10 rings (SSSR count). The number of piperidine rings is 1. The van der Waals surface area contributed by atoms with E-state index in [-0.39, 0.29) is 69.8 Å². The smallest absolute Gasteiger partial charge is 0.312 e. The zero-order valence-corrected chi connectivity index (χ0v) is 45.9. The molecule has 5 heterocycles. The van der Waals surface area contributed by atoms with Crippen molar-refractivity contribution in [2.45, 2.75) is 127 Å². The average molecular weight is 1110 g/mol. The molecule has 0 unspecified atom stereocenters. The molecule has 1 spiro atoms. The summed E-state index contributed by atoms with van der Waals surface area (Å²) in [6.45, 7) is 14.0. The van der Waals surface area contributed by atoms with Gasteiger partial charge < -0.3 is 29.8 Å². The summed E-state index contributed by atoms with van der Waals surface area (Å²) in [5.41, 5.74) is 2.73. The van der Waals surface area contributed by atoms with Crippen molar-refractivity contribution in [3.63, 3.8) is 0 Å². The monoisotopic (exact) mass is 1110 g/mol. The number of nitrogens with one attached hydrogen (secondary N) is 3. The Morgan fingerprint density at radius 3 is 2.42 bits per heavy atom. The zero-order chi connectivity index (χ0) is 56.0. The fourth-order valence-electron chi connectivity index (χ4n) is 12.2. The number of nitrogens with zero attached hydrogens (tertiary/aromatic N) is 6. The molecule has 6 aromatic rings. The second-order valence-electron chi connectivity index (χ2n) is 22.7. The van der Waals surface area contributed by atoms with Crippen LogP contribution in [0.4, 0.5) is 30.4 Å². The lowest BCUT2D eigenvalue weighted by Crippen LogP contribution is -2.61. The number of carbonyl (C=O) groups excluding carboxylic acids is 1. The molecule has 79 heavy (non-hydrogen) atoms. The van der Waals surface area contributed by atoms with Gasteiger partial charge in [-0.2, -0.15) is 4.98 Å². The molecule has 420 valence electrons. The highest BCUT2D eigenvalue weighted by Gasteiger charge is 2.51. The van der Waals surface area contributed by atoms with Crippen LogP contribution in [0.1, 0.15) is 125 Å². The SMILES string of the molecule is CCOc1nc2[nH]cc(F)c2cc1Oc1cc(N2CCC3(CC2)CC(N2C[C@H](C)N(Cc4ccc(F)c(F)c4)C[C@H]2c2ccccc2C(C)C)C3)ccc1C(=O)NS(=O)(=O)c1cnc(NCC2CCC(C)(O)CC2)c([N+](=O)[O-])c1. The lowest BCUT2D eigenvalue weighted by atomic mass is 9.59. The van der Waals surface area contributed by atoms with Crippen molar-refractivity contribution in [2.24, 2.45) is 11.3 Å². The van der Waals surface area contributed by atoms with Crippen LogP contribution < -0.4 is 24.4 Å². The lowest BCUT2D eigenvalue weighted by molar-refractivity contribution is -0.384. The van der Waals surface area contributed by atoms with Crippen LogP contribution in [0, 0.1) is 38.9 Å². The normalized spacial score (nSPS) is 22.0. The summed E-state index contributed by atoms with van der Waals surface area (Å²) < 4.78 is 85.4. The van der Waals surface area contributed by atoms with Crippen LogP contribution in [-0.2, 0) is 16.6 Å². The van der Waals surface area contributed by atoms with E-state index in [1.807, 2.05) is 0 Å². The van der Waals surface area contributed by atoms with Crippen molar-refractivity contribution in [3.8, 4) is 17.4 Å². The Labute approximate surface area is 458 Å². The number of hydrogen-bond acceptors (Lipinski definition) is 14. The van der Waals surface area contributed by atoms with Gasteiger partial charge in [-0.3, -0.25) is 24.7 Å². The number of carbonyl (C=O) groups is 1. The lowest BCUT2D eigenvalue weighted by Gasteiger charge is -2.59. The molecule has 2 aliphatic carbocycles. The van der Waals surface area contributed by atoms with E-state index in [0.717, 1.165) is 62.8 Å². The Balaban J connectivity index is 0.871. The number of piperazine rings is 1. The molecule has 4 fully saturated rings. The number of nitro groups is 1. The number of aliphatic hydroxyl groups is 1. The first-order chi connectivity index (χ1) is 37.7. The number of rotatable bonds is 17.